The van der Waals surface area contributed by atoms with Crippen LogP contribution in [-0.2, 0) is 11.2 Å². The summed E-state index contributed by atoms with van der Waals surface area (Å²) in [6, 6.07) is 10.3. The third kappa shape index (κ3) is 5.92. The molecule has 0 aliphatic heterocycles. The lowest BCUT2D eigenvalue weighted by atomic mass is 9.95. The highest BCUT2D eigenvalue weighted by Gasteiger charge is 2.14. The normalized spacial score (nSPS) is 12.4. The Bertz CT molecular complexity index is 321. The molecule has 1 rings (SSSR count). The zero-order chi connectivity index (χ0) is 12.5. The Hall–Kier alpha value is -0.760. The maximum atomic E-state index is 11.4. The third-order valence-electron chi connectivity index (χ3n) is 3.13. The van der Waals surface area contributed by atoms with Gasteiger partial charge in [-0.05, 0) is 24.8 Å². The van der Waals surface area contributed by atoms with E-state index in [-0.39, 0.29) is 11.0 Å². The van der Waals surface area contributed by atoms with Crippen LogP contribution < -0.4 is 0 Å². The summed E-state index contributed by atoms with van der Waals surface area (Å²) in [5, 5.41) is 0.0528. The van der Waals surface area contributed by atoms with Gasteiger partial charge in [-0.3, -0.25) is 4.79 Å². The molecule has 0 aliphatic rings. The fourth-order valence-corrected chi connectivity index (χ4v) is 2.28. The number of carbonyl (C=O) groups excluding carboxylic acids is 1. The van der Waals surface area contributed by atoms with Crippen molar-refractivity contribution in [2.75, 3.05) is 0 Å². The molecular weight excluding hydrogens is 228 g/mol. The summed E-state index contributed by atoms with van der Waals surface area (Å²) >= 11 is 4.00. The highest BCUT2D eigenvalue weighted by Crippen LogP contribution is 2.19. The summed E-state index contributed by atoms with van der Waals surface area (Å²) in [7, 11) is 0. The van der Waals surface area contributed by atoms with Crippen LogP contribution in [0.4, 0.5) is 0 Å². The zero-order valence-corrected chi connectivity index (χ0v) is 11.5. The Morgan fingerprint density at radius 1 is 1.18 bits per heavy atom. The van der Waals surface area contributed by atoms with Crippen LogP contribution in [0.15, 0.2) is 30.3 Å². The molecule has 0 fully saturated rings. The Kier molecular flexibility index (Phi) is 7.02. The van der Waals surface area contributed by atoms with E-state index < -0.39 is 0 Å². The third-order valence-corrected chi connectivity index (χ3v) is 3.49. The molecule has 1 unspecified atom stereocenters. The van der Waals surface area contributed by atoms with E-state index in [1.54, 1.807) is 0 Å². The lowest BCUT2D eigenvalue weighted by Gasteiger charge is -2.12. The fraction of sp³-hybridized carbons (Fsp3) is 0.533. The van der Waals surface area contributed by atoms with Crippen molar-refractivity contribution in [3.63, 3.8) is 0 Å². The van der Waals surface area contributed by atoms with Crippen molar-refractivity contribution >= 4 is 17.7 Å². The first-order chi connectivity index (χ1) is 8.24. The van der Waals surface area contributed by atoms with Crippen molar-refractivity contribution in [2.45, 2.75) is 45.4 Å². The molecule has 0 saturated carbocycles. The smallest absolute Gasteiger partial charge is 0.189 e. The molecule has 0 amide bonds. The molecule has 1 atom stereocenters. The molecule has 1 aromatic rings. The van der Waals surface area contributed by atoms with Gasteiger partial charge in [-0.25, -0.2) is 0 Å². The predicted octanol–water partition coefficient (Wildman–Crippen LogP) is 4.27. The molecular formula is C15H22OS. The lowest BCUT2D eigenvalue weighted by molar-refractivity contribution is -0.114. The van der Waals surface area contributed by atoms with Crippen LogP contribution in [0.25, 0.3) is 0 Å². The average Bonchev–Trinajstić information content (AvgIpc) is 2.34. The standard InChI is InChI=1S/C15H22OS/c1-2-3-5-10-14(15(16)17)12-11-13-8-6-4-7-9-13/h4,6-9,14H,2-3,5,10-12H2,1H3,(H,16,17). The molecule has 17 heavy (non-hydrogen) atoms. The minimum absolute atomic E-state index is 0.0528. The van der Waals surface area contributed by atoms with Gasteiger partial charge in [0.1, 0.15) is 0 Å². The van der Waals surface area contributed by atoms with Crippen LogP contribution in [0.5, 0.6) is 0 Å². The first kappa shape index (κ1) is 14.3. The van der Waals surface area contributed by atoms with E-state index in [0.717, 1.165) is 25.7 Å². The second-order valence-electron chi connectivity index (χ2n) is 4.56. The summed E-state index contributed by atoms with van der Waals surface area (Å²) in [5.74, 6) is 0.130. The van der Waals surface area contributed by atoms with Gasteiger partial charge in [0.2, 0.25) is 0 Å². The zero-order valence-electron chi connectivity index (χ0n) is 10.6. The number of hydrogen-bond acceptors (Lipinski definition) is 1. The Balaban J connectivity index is 2.36. The van der Waals surface area contributed by atoms with Gasteiger partial charge in [0.05, 0.1) is 0 Å². The van der Waals surface area contributed by atoms with Crippen molar-refractivity contribution in [3.8, 4) is 0 Å². The SMILES string of the molecule is CCCCCC(CCc1ccccc1)C(=O)S. The van der Waals surface area contributed by atoms with Crippen molar-refractivity contribution < 1.29 is 4.79 Å². The van der Waals surface area contributed by atoms with E-state index in [0.29, 0.717) is 0 Å². The first-order valence-electron chi connectivity index (χ1n) is 6.50. The number of carbonyl (C=O) groups is 1. The number of aryl methyl sites for hydroxylation is 1. The Morgan fingerprint density at radius 2 is 1.88 bits per heavy atom. The van der Waals surface area contributed by atoms with Gasteiger partial charge in [0.15, 0.2) is 5.12 Å². The van der Waals surface area contributed by atoms with E-state index >= 15 is 0 Å². The topological polar surface area (TPSA) is 17.1 Å². The van der Waals surface area contributed by atoms with Crippen molar-refractivity contribution in [2.24, 2.45) is 5.92 Å². The molecule has 0 bridgehead atoms. The van der Waals surface area contributed by atoms with Crippen LogP contribution >= 0.6 is 12.6 Å². The second kappa shape index (κ2) is 8.35. The molecule has 0 saturated heterocycles. The van der Waals surface area contributed by atoms with Crippen LogP contribution in [0, 0.1) is 5.92 Å². The molecule has 0 heterocycles. The summed E-state index contributed by atoms with van der Waals surface area (Å²) < 4.78 is 0. The van der Waals surface area contributed by atoms with Gasteiger partial charge < -0.3 is 0 Å². The number of benzene rings is 1. The maximum absolute atomic E-state index is 11.4. The molecule has 1 nitrogen and oxygen atoms in total. The number of thiol groups is 1. The van der Waals surface area contributed by atoms with Crippen LogP contribution in [0.3, 0.4) is 0 Å². The van der Waals surface area contributed by atoms with Crippen LogP contribution in [-0.4, -0.2) is 5.12 Å². The average molecular weight is 250 g/mol. The lowest BCUT2D eigenvalue weighted by Crippen LogP contribution is -2.10. The molecule has 2 heteroatoms. The van der Waals surface area contributed by atoms with Crippen molar-refractivity contribution in [1.82, 2.24) is 0 Å². The fourth-order valence-electron chi connectivity index (χ4n) is 2.02. The van der Waals surface area contributed by atoms with Gasteiger partial charge in [-0.1, -0.05) is 56.5 Å². The molecule has 0 aliphatic carbocycles. The van der Waals surface area contributed by atoms with E-state index in [1.807, 2.05) is 18.2 Å². The molecule has 0 N–H and O–H groups in total. The van der Waals surface area contributed by atoms with Crippen LogP contribution in [0.2, 0.25) is 0 Å². The highest BCUT2D eigenvalue weighted by atomic mass is 32.1. The predicted molar refractivity (Wildman–Crippen MR) is 76.4 cm³/mol. The summed E-state index contributed by atoms with van der Waals surface area (Å²) in [4.78, 5) is 11.4. The summed E-state index contributed by atoms with van der Waals surface area (Å²) in [6.45, 7) is 2.18. The molecule has 94 valence electrons. The Labute approximate surface area is 110 Å². The minimum Gasteiger partial charge on any atom is -0.287 e. The molecule has 0 aromatic heterocycles. The van der Waals surface area contributed by atoms with Crippen molar-refractivity contribution in [1.29, 1.82) is 0 Å². The highest BCUT2D eigenvalue weighted by molar-refractivity contribution is 7.96. The van der Waals surface area contributed by atoms with E-state index in [9.17, 15) is 4.79 Å². The van der Waals surface area contributed by atoms with E-state index in [2.05, 4.69) is 31.7 Å². The summed E-state index contributed by atoms with van der Waals surface area (Å²) in [5.41, 5.74) is 1.31. The Morgan fingerprint density at radius 3 is 2.47 bits per heavy atom. The first-order valence-corrected chi connectivity index (χ1v) is 6.95. The number of unbranched alkanes of at least 4 members (excludes halogenated alkanes) is 2. The van der Waals surface area contributed by atoms with Crippen molar-refractivity contribution in [3.05, 3.63) is 35.9 Å². The number of rotatable bonds is 8. The van der Waals surface area contributed by atoms with Gasteiger partial charge in [0, 0.05) is 5.92 Å². The second-order valence-corrected chi connectivity index (χ2v) is 5.00. The van der Waals surface area contributed by atoms with E-state index in [4.69, 9.17) is 0 Å². The largest absolute Gasteiger partial charge is 0.287 e. The van der Waals surface area contributed by atoms with Gasteiger partial charge >= 0.3 is 0 Å². The summed E-state index contributed by atoms with van der Waals surface area (Å²) in [6.07, 6.45) is 6.44. The van der Waals surface area contributed by atoms with Gasteiger partial charge in [-0.15, -0.1) is 12.6 Å². The van der Waals surface area contributed by atoms with Gasteiger partial charge in [0.25, 0.3) is 0 Å². The van der Waals surface area contributed by atoms with E-state index in [1.165, 1.54) is 18.4 Å². The maximum Gasteiger partial charge on any atom is 0.189 e. The van der Waals surface area contributed by atoms with Crippen LogP contribution in [0.1, 0.15) is 44.6 Å². The number of hydrogen-bond donors (Lipinski definition) is 1. The van der Waals surface area contributed by atoms with Gasteiger partial charge in [-0.2, -0.15) is 0 Å². The quantitative estimate of drug-likeness (QED) is 0.538. The monoisotopic (exact) mass is 250 g/mol. The minimum atomic E-state index is 0.0528. The molecule has 0 radical (unpaired) electrons. The molecule has 1 aromatic carbocycles. The molecule has 0 spiro atoms.